The number of nitrogens with zero attached hydrogens (tertiary/aromatic N) is 1. The van der Waals surface area contributed by atoms with Crippen molar-refractivity contribution in [3.63, 3.8) is 0 Å². The number of benzene rings is 2. The van der Waals surface area contributed by atoms with Crippen molar-refractivity contribution >= 4 is 23.1 Å². The number of rotatable bonds is 4. The predicted octanol–water partition coefficient (Wildman–Crippen LogP) is 7.19. The van der Waals surface area contributed by atoms with Gasteiger partial charge in [0, 0.05) is 4.88 Å². The van der Waals surface area contributed by atoms with Crippen molar-refractivity contribution < 1.29 is 18.0 Å². The van der Waals surface area contributed by atoms with Crippen molar-refractivity contribution in [2.75, 3.05) is 5.32 Å². The van der Waals surface area contributed by atoms with E-state index < -0.39 is 17.8 Å². The van der Waals surface area contributed by atoms with Gasteiger partial charge in [-0.1, -0.05) is 36.4 Å². The van der Waals surface area contributed by atoms with Crippen LogP contribution in [0.5, 0.6) is 0 Å². The summed E-state index contributed by atoms with van der Waals surface area (Å²) in [4.78, 5) is 16.1. The van der Waals surface area contributed by atoms with Gasteiger partial charge in [0.15, 0.2) is 0 Å². The van der Waals surface area contributed by atoms with Gasteiger partial charge in [-0.05, 0) is 66.5 Å². The summed E-state index contributed by atoms with van der Waals surface area (Å²) in [6, 6.07) is 14.4. The van der Waals surface area contributed by atoms with Gasteiger partial charge in [0.1, 0.15) is 0 Å². The van der Waals surface area contributed by atoms with E-state index in [1.165, 1.54) is 23.8 Å². The van der Waals surface area contributed by atoms with E-state index in [0.29, 0.717) is 6.54 Å². The van der Waals surface area contributed by atoms with E-state index in [0.717, 1.165) is 41.3 Å². The molecule has 1 aliphatic carbocycles. The standard InChI is InChI=1S/C24H23F3N2OS/c1-16-13-14-31-22(16)15-29(21-12-6-8-17-7-2-3-9-18(17)21)23(30)28-20-11-5-4-10-19(20)24(25,26)27/h2-5,7,9-11,13-14,21H,6,8,12,15H2,1H3,(H,28,30). The lowest BCUT2D eigenvalue weighted by atomic mass is 9.87. The molecule has 3 nitrogen and oxygen atoms in total. The molecule has 0 saturated heterocycles. The van der Waals surface area contributed by atoms with Gasteiger partial charge in [0.2, 0.25) is 0 Å². The first-order valence-corrected chi connectivity index (χ1v) is 11.1. The fourth-order valence-corrected chi connectivity index (χ4v) is 5.03. The lowest BCUT2D eigenvalue weighted by molar-refractivity contribution is -0.136. The fourth-order valence-electron chi connectivity index (χ4n) is 4.12. The van der Waals surface area contributed by atoms with Crippen LogP contribution in [-0.4, -0.2) is 10.9 Å². The molecular weight excluding hydrogens is 421 g/mol. The molecule has 1 atom stereocenters. The number of para-hydroxylation sites is 1. The molecule has 1 heterocycles. The Hall–Kier alpha value is -2.80. The van der Waals surface area contributed by atoms with Crippen LogP contribution in [0.3, 0.4) is 0 Å². The van der Waals surface area contributed by atoms with Crippen LogP contribution in [-0.2, 0) is 19.1 Å². The highest BCUT2D eigenvalue weighted by atomic mass is 32.1. The molecule has 0 radical (unpaired) electrons. The number of anilines is 1. The monoisotopic (exact) mass is 444 g/mol. The molecule has 7 heteroatoms. The Labute approximate surface area is 183 Å². The molecule has 162 valence electrons. The zero-order chi connectivity index (χ0) is 22.0. The Morgan fingerprint density at radius 3 is 2.61 bits per heavy atom. The normalized spacial score (nSPS) is 15.9. The summed E-state index contributed by atoms with van der Waals surface area (Å²) in [5.41, 5.74) is 2.26. The van der Waals surface area contributed by atoms with E-state index in [4.69, 9.17) is 0 Å². The third kappa shape index (κ3) is 4.61. The molecule has 3 aromatic rings. The molecular formula is C24H23F3N2OS. The van der Waals surface area contributed by atoms with Crippen LogP contribution in [0.15, 0.2) is 60.0 Å². The molecule has 0 saturated carbocycles. The van der Waals surface area contributed by atoms with E-state index in [1.54, 1.807) is 16.2 Å². The molecule has 1 aliphatic rings. The third-order valence-corrected chi connectivity index (χ3v) is 6.74. The minimum atomic E-state index is -4.55. The van der Waals surface area contributed by atoms with Crippen LogP contribution >= 0.6 is 11.3 Å². The molecule has 1 unspecified atom stereocenters. The smallest absolute Gasteiger partial charge is 0.312 e. The number of aryl methyl sites for hydroxylation is 2. The molecule has 2 amide bonds. The van der Waals surface area contributed by atoms with Crippen LogP contribution in [0.25, 0.3) is 0 Å². The average molecular weight is 445 g/mol. The Morgan fingerprint density at radius 1 is 1.13 bits per heavy atom. The van der Waals surface area contributed by atoms with Crippen molar-refractivity contribution in [1.29, 1.82) is 0 Å². The number of hydrogen-bond acceptors (Lipinski definition) is 2. The largest absolute Gasteiger partial charge is 0.418 e. The third-order valence-electron chi connectivity index (χ3n) is 5.73. The molecule has 0 aliphatic heterocycles. The highest BCUT2D eigenvalue weighted by molar-refractivity contribution is 7.10. The molecule has 0 fully saturated rings. The van der Waals surface area contributed by atoms with E-state index >= 15 is 0 Å². The zero-order valence-electron chi connectivity index (χ0n) is 17.1. The Bertz CT molecular complexity index is 1080. The SMILES string of the molecule is Cc1ccsc1CN(C(=O)Nc1ccccc1C(F)(F)F)C1CCCc2ccccc21. The second-order valence-electron chi connectivity index (χ2n) is 7.74. The number of thiophene rings is 1. The Balaban J connectivity index is 1.69. The minimum Gasteiger partial charge on any atom is -0.312 e. The first-order chi connectivity index (χ1) is 14.8. The predicted molar refractivity (Wildman–Crippen MR) is 117 cm³/mol. The summed E-state index contributed by atoms with van der Waals surface area (Å²) >= 11 is 1.55. The van der Waals surface area contributed by atoms with E-state index in [9.17, 15) is 18.0 Å². The quantitative estimate of drug-likeness (QED) is 0.454. The van der Waals surface area contributed by atoms with Gasteiger partial charge in [-0.25, -0.2) is 4.79 Å². The minimum absolute atomic E-state index is 0.190. The number of carbonyl (C=O) groups excluding carboxylic acids is 1. The molecule has 2 aromatic carbocycles. The second-order valence-corrected chi connectivity index (χ2v) is 8.74. The lowest BCUT2D eigenvalue weighted by Gasteiger charge is -2.36. The first kappa shape index (κ1) is 21.4. The maximum Gasteiger partial charge on any atom is 0.418 e. The topological polar surface area (TPSA) is 32.3 Å². The van der Waals surface area contributed by atoms with Crippen molar-refractivity contribution in [3.05, 3.63) is 87.1 Å². The van der Waals surface area contributed by atoms with Gasteiger partial charge < -0.3 is 10.2 Å². The highest BCUT2D eigenvalue weighted by Gasteiger charge is 2.35. The summed E-state index contributed by atoms with van der Waals surface area (Å²) in [6.07, 6.45) is -1.91. The van der Waals surface area contributed by atoms with Gasteiger partial charge in [0.25, 0.3) is 0 Å². The number of halogens is 3. The van der Waals surface area contributed by atoms with Gasteiger partial charge in [-0.2, -0.15) is 13.2 Å². The zero-order valence-corrected chi connectivity index (χ0v) is 17.9. The summed E-state index contributed by atoms with van der Waals surface area (Å²) in [5.74, 6) is 0. The summed E-state index contributed by atoms with van der Waals surface area (Å²) < 4.78 is 40.3. The van der Waals surface area contributed by atoms with Crippen molar-refractivity contribution in [3.8, 4) is 0 Å². The van der Waals surface area contributed by atoms with E-state index in [2.05, 4.69) is 11.4 Å². The lowest BCUT2D eigenvalue weighted by Crippen LogP contribution is -2.39. The summed E-state index contributed by atoms with van der Waals surface area (Å²) in [6.45, 7) is 2.33. The fraction of sp³-hybridized carbons (Fsp3) is 0.292. The number of hydrogen-bond donors (Lipinski definition) is 1. The second kappa shape index (κ2) is 8.75. The highest BCUT2D eigenvalue weighted by Crippen LogP contribution is 2.38. The number of nitrogens with one attached hydrogen (secondary N) is 1. The summed E-state index contributed by atoms with van der Waals surface area (Å²) in [7, 11) is 0. The average Bonchev–Trinajstić information content (AvgIpc) is 3.15. The van der Waals surface area contributed by atoms with Gasteiger partial charge in [-0.15, -0.1) is 11.3 Å². The number of fused-ring (bicyclic) bond motifs is 1. The van der Waals surface area contributed by atoms with Crippen molar-refractivity contribution in [2.45, 2.75) is 44.9 Å². The molecule has 1 N–H and O–H groups in total. The van der Waals surface area contributed by atoms with Crippen LogP contribution < -0.4 is 5.32 Å². The number of alkyl halides is 3. The van der Waals surface area contributed by atoms with Gasteiger partial charge in [-0.3, -0.25) is 0 Å². The number of amides is 2. The number of urea groups is 1. The molecule has 31 heavy (non-hydrogen) atoms. The first-order valence-electron chi connectivity index (χ1n) is 10.2. The Morgan fingerprint density at radius 2 is 1.87 bits per heavy atom. The van der Waals surface area contributed by atoms with Crippen LogP contribution in [0.4, 0.5) is 23.7 Å². The van der Waals surface area contributed by atoms with Crippen LogP contribution in [0.1, 0.15) is 46.0 Å². The van der Waals surface area contributed by atoms with Crippen LogP contribution in [0.2, 0.25) is 0 Å². The maximum absolute atomic E-state index is 13.4. The molecule has 4 rings (SSSR count). The molecule has 0 bridgehead atoms. The van der Waals surface area contributed by atoms with Crippen LogP contribution in [0, 0.1) is 6.92 Å². The Kier molecular flexibility index (Phi) is 6.05. The number of carbonyl (C=O) groups is 1. The van der Waals surface area contributed by atoms with Gasteiger partial charge >= 0.3 is 12.2 Å². The summed E-state index contributed by atoms with van der Waals surface area (Å²) in [5, 5.41) is 4.52. The van der Waals surface area contributed by atoms with Crippen molar-refractivity contribution in [1.82, 2.24) is 4.90 Å². The van der Waals surface area contributed by atoms with E-state index in [-0.39, 0.29) is 11.7 Å². The molecule has 0 spiro atoms. The van der Waals surface area contributed by atoms with E-state index in [1.807, 2.05) is 36.6 Å². The van der Waals surface area contributed by atoms with Gasteiger partial charge in [0.05, 0.1) is 23.8 Å². The molecule has 1 aromatic heterocycles. The maximum atomic E-state index is 13.4. The van der Waals surface area contributed by atoms with Crippen molar-refractivity contribution in [2.24, 2.45) is 0 Å².